The molecule has 0 bridgehead atoms. The molecule has 0 saturated heterocycles. The highest BCUT2D eigenvalue weighted by atomic mass is 16.7. The van der Waals surface area contributed by atoms with Gasteiger partial charge in [0.15, 0.2) is 12.1 Å². The third-order valence-electron chi connectivity index (χ3n) is 3.13. The molecule has 1 aromatic heterocycles. The molecule has 1 heterocycles. The van der Waals surface area contributed by atoms with Gasteiger partial charge >= 0.3 is 0 Å². The number of hydrogen-bond acceptors (Lipinski definition) is 4. The first-order valence-corrected chi connectivity index (χ1v) is 6.42. The minimum absolute atomic E-state index is 0.281. The third kappa shape index (κ3) is 3.00. The average molecular weight is 277 g/mol. The van der Waals surface area contributed by atoms with Crippen LogP contribution in [0.3, 0.4) is 0 Å². The number of benzene rings is 1. The number of carbonyl (C=O) groups is 1. The molecule has 5 nitrogen and oxygen atoms in total. The van der Waals surface area contributed by atoms with Gasteiger partial charge in [0.25, 0.3) is 5.91 Å². The lowest BCUT2D eigenvalue weighted by Gasteiger charge is -2.21. The lowest BCUT2D eigenvalue weighted by molar-refractivity contribution is -0.117. The van der Waals surface area contributed by atoms with E-state index in [-0.39, 0.29) is 17.7 Å². The summed E-state index contributed by atoms with van der Waals surface area (Å²) >= 11 is 0. The molecular weight excluding hydrogens is 258 g/mol. The summed E-state index contributed by atoms with van der Waals surface area (Å²) in [5, 5.41) is 3.71. The fourth-order valence-corrected chi connectivity index (χ4v) is 2.13. The summed E-state index contributed by atoms with van der Waals surface area (Å²) in [5.41, 5.74) is 1.82. The van der Waals surface area contributed by atoms with Crippen molar-refractivity contribution >= 4 is 16.9 Å². The second-order valence-electron chi connectivity index (χ2n) is 4.75. The maximum atomic E-state index is 12.1. The Balaban J connectivity index is 2.15. The highest BCUT2D eigenvalue weighted by molar-refractivity contribution is 5.96. The Hall–Kier alpha value is -1.85. The number of hydrogen-bond donors (Lipinski definition) is 1. The number of carbonyl (C=O) groups excluding carboxylic acids is 1. The van der Waals surface area contributed by atoms with Crippen LogP contribution in [0.4, 0.5) is 0 Å². The number of furan rings is 1. The Morgan fingerprint density at radius 3 is 2.60 bits per heavy atom. The van der Waals surface area contributed by atoms with Crippen LogP contribution in [0, 0.1) is 6.92 Å². The maximum Gasteiger partial charge on any atom is 0.287 e. The van der Waals surface area contributed by atoms with E-state index in [4.69, 9.17) is 13.9 Å². The molecule has 1 aromatic carbocycles. The van der Waals surface area contributed by atoms with E-state index in [2.05, 4.69) is 5.32 Å². The van der Waals surface area contributed by atoms with Gasteiger partial charge in [0.2, 0.25) is 0 Å². The number of methoxy groups -OCH3 is 2. The Morgan fingerprint density at radius 2 is 1.95 bits per heavy atom. The van der Waals surface area contributed by atoms with Gasteiger partial charge in [-0.05, 0) is 32.0 Å². The summed E-state index contributed by atoms with van der Waals surface area (Å²) in [4.78, 5) is 12.1. The Kier molecular flexibility index (Phi) is 4.42. The zero-order chi connectivity index (χ0) is 14.7. The molecule has 1 N–H and O–H groups in total. The van der Waals surface area contributed by atoms with Crippen LogP contribution in [0.2, 0.25) is 0 Å². The summed E-state index contributed by atoms with van der Waals surface area (Å²) in [6.45, 7) is 3.80. The Morgan fingerprint density at radius 1 is 1.25 bits per heavy atom. The van der Waals surface area contributed by atoms with E-state index in [1.54, 1.807) is 6.07 Å². The molecule has 0 aliphatic rings. The van der Waals surface area contributed by atoms with Gasteiger partial charge in [-0.3, -0.25) is 4.79 Å². The van der Waals surface area contributed by atoms with Crippen molar-refractivity contribution in [2.75, 3.05) is 14.2 Å². The molecule has 5 heteroatoms. The van der Waals surface area contributed by atoms with Crippen LogP contribution in [0.5, 0.6) is 0 Å². The van der Waals surface area contributed by atoms with Crippen molar-refractivity contribution in [2.45, 2.75) is 26.2 Å². The highest BCUT2D eigenvalue weighted by Gasteiger charge is 2.20. The number of rotatable bonds is 5. The van der Waals surface area contributed by atoms with Gasteiger partial charge in [0.05, 0.1) is 6.04 Å². The largest absolute Gasteiger partial charge is 0.451 e. The van der Waals surface area contributed by atoms with Gasteiger partial charge in [-0.2, -0.15) is 0 Å². The number of aryl methyl sites for hydroxylation is 1. The lowest BCUT2D eigenvalue weighted by atomic mass is 10.2. The first kappa shape index (κ1) is 14.6. The first-order valence-electron chi connectivity index (χ1n) is 6.42. The van der Waals surface area contributed by atoms with Gasteiger partial charge in [-0.25, -0.2) is 0 Å². The van der Waals surface area contributed by atoms with Gasteiger partial charge in [-0.15, -0.1) is 0 Å². The van der Waals surface area contributed by atoms with Crippen molar-refractivity contribution in [3.63, 3.8) is 0 Å². The number of fused-ring (bicyclic) bond motifs is 1. The van der Waals surface area contributed by atoms with Crippen molar-refractivity contribution in [3.05, 3.63) is 35.6 Å². The molecule has 0 fully saturated rings. The number of nitrogens with one attached hydrogen (secondary N) is 1. The molecule has 1 atom stereocenters. The zero-order valence-corrected chi connectivity index (χ0v) is 12.1. The van der Waals surface area contributed by atoms with E-state index < -0.39 is 6.29 Å². The molecule has 0 radical (unpaired) electrons. The van der Waals surface area contributed by atoms with Crippen LogP contribution in [0.1, 0.15) is 23.0 Å². The second kappa shape index (κ2) is 6.07. The molecule has 2 rings (SSSR count). The molecule has 0 aliphatic carbocycles. The maximum absolute atomic E-state index is 12.1. The number of ether oxygens (including phenoxy) is 2. The lowest BCUT2D eigenvalue weighted by Crippen LogP contribution is -2.42. The number of amides is 1. The van der Waals surface area contributed by atoms with Crippen molar-refractivity contribution in [1.82, 2.24) is 5.32 Å². The topological polar surface area (TPSA) is 60.7 Å². The molecule has 1 amide bonds. The fourth-order valence-electron chi connectivity index (χ4n) is 2.13. The predicted molar refractivity (Wildman–Crippen MR) is 75.7 cm³/mol. The monoisotopic (exact) mass is 277 g/mol. The van der Waals surface area contributed by atoms with Crippen molar-refractivity contribution in [1.29, 1.82) is 0 Å². The van der Waals surface area contributed by atoms with Crippen molar-refractivity contribution in [2.24, 2.45) is 0 Å². The van der Waals surface area contributed by atoms with Crippen molar-refractivity contribution < 1.29 is 18.7 Å². The van der Waals surface area contributed by atoms with Crippen LogP contribution in [0.15, 0.2) is 28.7 Å². The molecular formula is C15H19NO4. The summed E-state index contributed by atoms with van der Waals surface area (Å²) in [6, 6.07) is 7.23. The summed E-state index contributed by atoms with van der Waals surface area (Å²) < 4.78 is 15.7. The van der Waals surface area contributed by atoms with E-state index >= 15 is 0 Å². The normalized spacial score (nSPS) is 12.8. The fraction of sp³-hybridized carbons (Fsp3) is 0.400. The molecule has 2 aromatic rings. The van der Waals surface area contributed by atoms with Gasteiger partial charge in [0, 0.05) is 19.6 Å². The zero-order valence-electron chi connectivity index (χ0n) is 12.1. The van der Waals surface area contributed by atoms with E-state index in [1.807, 2.05) is 32.0 Å². The quantitative estimate of drug-likeness (QED) is 0.853. The SMILES string of the molecule is COC(OC)C(C)NC(=O)c1cc2cc(C)ccc2o1. The first-order chi connectivity index (χ1) is 9.55. The van der Waals surface area contributed by atoms with E-state index in [1.165, 1.54) is 14.2 Å². The van der Waals surface area contributed by atoms with E-state index in [0.29, 0.717) is 5.58 Å². The standard InChI is InChI=1S/C15H19NO4/c1-9-5-6-12-11(7-9)8-13(20-12)14(17)16-10(2)15(18-3)19-4/h5-8,10,15H,1-4H3,(H,16,17). The average Bonchev–Trinajstić information content (AvgIpc) is 2.83. The highest BCUT2D eigenvalue weighted by Crippen LogP contribution is 2.20. The molecule has 1 unspecified atom stereocenters. The molecule has 20 heavy (non-hydrogen) atoms. The van der Waals surface area contributed by atoms with Gasteiger partial charge in [0.1, 0.15) is 5.58 Å². The van der Waals surface area contributed by atoms with E-state index in [9.17, 15) is 4.79 Å². The molecule has 108 valence electrons. The minimum atomic E-state index is -0.495. The molecule has 0 saturated carbocycles. The van der Waals surface area contributed by atoms with Crippen LogP contribution in [-0.2, 0) is 9.47 Å². The summed E-state index contributed by atoms with van der Waals surface area (Å²) in [7, 11) is 3.06. The van der Waals surface area contributed by atoms with Gasteiger partial charge < -0.3 is 19.2 Å². The predicted octanol–water partition coefficient (Wildman–Crippen LogP) is 2.48. The second-order valence-corrected chi connectivity index (χ2v) is 4.75. The molecule has 0 spiro atoms. The third-order valence-corrected chi connectivity index (χ3v) is 3.13. The minimum Gasteiger partial charge on any atom is -0.451 e. The van der Waals surface area contributed by atoms with Crippen LogP contribution in [0.25, 0.3) is 11.0 Å². The van der Waals surface area contributed by atoms with Crippen LogP contribution in [-0.4, -0.2) is 32.5 Å². The van der Waals surface area contributed by atoms with Crippen molar-refractivity contribution in [3.8, 4) is 0 Å². The van der Waals surface area contributed by atoms with Crippen LogP contribution >= 0.6 is 0 Å². The van der Waals surface area contributed by atoms with E-state index in [0.717, 1.165) is 10.9 Å². The summed E-state index contributed by atoms with van der Waals surface area (Å²) in [5.74, 6) is -0.00569. The summed E-state index contributed by atoms with van der Waals surface area (Å²) in [6.07, 6.45) is -0.495. The Labute approximate surface area is 117 Å². The smallest absolute Gasteiger partial charge is 0.287 e. The Bertz CT molecular complexity index is 601. The van der Waals surface area contributed by atoms with Crippen LogP contribution < -0.4 is 5.32 Å². The molecule has 0 aliphatic heterocycles. The van der Waals surface area contributed by atoms with Gasteiger partial charge in [-0.1, -0.05) is 11.6 Å².